The van der Waals surface area contributed by atoms with Crippen molar-refractivity contribution in [2.75, 3.05) is 13.1 Å². The zero-order chi connectivity index (χ0) is 23.5. The molecule has 1 aliphatic rings. The van der Waals surface area contributed by atoms with Gasteiger partial charge in [0.2, 0.25) is 0 Å². The number of piperidine rings is 1. The van der Waals surface area contributed by atoms with Crippen molar-refractivity contribution in [2.45, 2.75) is 38.8 Å². The van der Waals surface area contributed by atoms with Crippen LogP contribution in [0.3, 0.4) is 0 Å². The quantitative estimate of drug-likeness (QED) is 0.404. The zero-order valence-corrected chi connectivity index (χ0v) is 18.9. The van der Waals surface area contributed by atoms with Crippen LogP contribution in [0, 0.1) is 10.1 Å². The lowest BCUT2D eigenvalue weighted by Gasteiger charge is -2.31. The van der Waals surface area contributed by atoms with Gasteiger partial charge >= 0.3 is 5.69 Å². The molecular formula is C23H24ClN5O4. The Morgan fingerprint density at radius 1 is 1.18 bits per heavy atom. The molecule has 1 fully saturated rings. The van der Waals surface area contributed by atoms with E-state index in [2.05, 4.69) is 5.10 Å². The molecule has 1 amide bonds. The predicted octanol–water partition coefficient (Wildman–Crippen LogP) is 3.69. The van der Waals surface area contributed by atoms with E-state index >= 15 is 0 Å². The van der Waals surface area contributed by atoms with Gasteiger partial charge in [-0.15, -0.1) is 0 Å². The summed E-state index contributed by atoms with van der Waals surface area (Å²) < 4.78 is 3.17. The molecule has 4 rings (SSSR count). The number of hydrogen-bond donors (Lipinski definition) is 0. The number of nitro benzene ring substituents is 1. The maximum absolute atomic E-state index is 13.0. The fourth-order valence-electron chi connectivity index (χ4n) is 4.27. The topological polar surface area (TPSA) is 103 Å². The number of amides is 1. The summed E-state index contributed by atoms with van der Waals surface area (Å²) in [7, 11) is 0. The first-order valence-electron chi connectivity index (χ1n) is 10.8. The Balaban J connectivity index is 1.51. The molecule has 0 saturated carbocycles. The van der Waals surface area contributed by atoms with Crippen LogP contribution in [0.15, 0.2) is 53.3 Å². The number of benzene rings is 2. The first-order valence-corrected chi connectivity index (χ1v) is 11.2. The molecule has 1 saturated heterocycles. The Morgan fingerprint density at radius 2 is 1.88 bits per heavy atom. The monoisotopic (exact) mass is 469 g/mol. The van der Waals surface area contributed by atoms with Crippen LogP contribution in [0.4, 0.5) is 5.69 Å². The average Bonchev–Trinajstić information content (AvgIpc) is 3.14. The summed E-state index contributed by atoms with van der Waals surface area (Å²) in [5, 5.41) is 16.2. The van der Waals surface area contributed by atoms with Crippen LogP contribution in [0.25, 0.3) is 0 Å². The lowest BCUT2D eigenvalue weighted by atomic mass is 9.95. The first kappa shape index (κ1) is 22.7. The van der Waals surface area contributed by atoms with E-state index < -0.39 is 10.8 Å². The van der Waals surface area contributed by atoms with Crippen LogP contribution in [0.1, 0.15) is 47.4 Å². The minimum absolute atomic E-state index is 0.0106. The average molecular weight is 470 g/mol. The number of carbonyl (C=O) groups excluding carboxylic acids is 1. The highest BCUT2D eigenvalue weighted by Gasteiger charge is 2.31. The van der Waals surface area contributed by atoms with E-state index in [1.54, 1.807) is 9.47 Å². The Hall–Kier alpha value is -3.46. The van der Waals surface area contributed by atoms with E-state index in [1.165, 1.54) is 22.9 Å². The summed E-state index contributed by atoms with van der Waals surface area (Å²) >= 11 is 5.98. The van der Waals surface area contributed by atoms with Gasteiger partial charge in [0.05, 0.1) is 11.5 Å². The fourth-order valence-corrected chi connectivity index (χ4v) is 4.44. The summed E-state index contributed by atoms with van der Waals surface area (Å²) in [6.07, 6.45) is 1.23. The van der Waals surface area contributed by atoms with Crippen molar-refractivity contribution in [1.29, 1.82) is 0 Å². The molecule has 0 atom stereocenters. The SMILES string of the molecule is CCn1c(C2CCN(C(=O)c3cc(Cl)ccc3[N+](=O)[O-])CC2)nn(Cc2ccccc2)c1=O. The molecule has 0 spiro atoms. The van der Waals surface area contributed by atoms with Crippen LogP contribution in [-0.2, 0) is 13.1 Å². The van der Waals surface area contributed by atoms with Crippen LogP contribution in [0.2, 0.25) is 5.02 Å². The van der Waals surface area contributed by atoms with E-state index in [9.17, 15) is 19.7 Å². The van der Waals surface area contributed by atoms with Gasteiger partial charge in [-0.1, -0.05) is 41.9 Å². The predicted molar refractivity (Wildman–Crippen MR) is 124 cm³/mol. The van der Waals surface area contributed by atoms with Crippen LogP contribution >= 0.6 is 11.6 Å². The fraction of sp³-hybridized carbons (Fsp3) is 0.348. The third-order valence-corrected chi connectivity index (χ3v) is 6.21. The highest BCUT2D eigenvalue weighted by Crippen LogP contribution is 2.29. The highest BCUT2D eigenvalue weighted by atomic mass is 35.5. The van der Waals surface area contributed by atoms with Crippen molar-refractivity contribution in [3.63, 3.8) is 0 Å². The van der Waals surface area contributed by atoms with Crippen molar-refractivity contribution in [3.8, 4) is 0 Å². The second kappa shape index (κ2) is 9.58. The summed E-state index contributed by atoms with van der Waals surface area (Å²) in [5.74, 6) is 0.331. The van der Waals surface area contributed by atoms with E-state index in [-0.39, 0.29) is 27.9 Å². The van der Waals surface area contributed by atoms with Crippen molar-refractivity contribution in [3.05, 3.63) is 91.1 Å². The third kappa shape index (κ3) is 4.68. The number of nitrogens with zero attached hydrogens (tertiary/aromatic N) is 5. The molecule has 3 aromatic rings. The van der Waals surface area contributed by atoms with Gasteiger partial charge in [-0.05, 0) is 37.5 Å². The Labute approximate surface area is 195 Å². The van der Waals surface area contributed by atoms with Crippen molar-refractivity contribution in [2.24, 2.45) is 0 Å². The molecule has 2 heterocycles. The highest BCUT2D eigenvalue weighted by molar-refractivity contribution is 6.31. The Bertz CT molecular complexity index is 1230. The number of nitro groups is 1. The summed E-state index contributed by atoms with van der Waals surface area (Å²) in [6, 6.07) is 13.7. The summed E-state index contributed by atoms with van der Waals surface area (Å²) in [5.41, 5.74) is 0.578. The second-order valence-electron chi connectivity index (χ2n) is 8.01. The van der Waals surface area contributed by atoms with Gasteiger partial charge in [0, 0.05) is 36.6 Å². The molecule has 33 heavy (non-hydrogen) atoms. The largest absolute Gasteiger partial charge is 0.346 e. The lowest BCUT2D eigenvalue weighted by molar-refractivity contribution is -0.385. The minimum atomic E-state index is -0.574. The standard InChI is InChI=1S/C23H24ClN5O4/c1-2-27-21(25-28(23(27)31)15-16-6-4-3-5-7-16)17-10-12-26(13-11-17)22(30)19-14-18(24)8-9-20(19)29(32)33/h3-9,14,17H,2,10-13,15H2,1H3. The smallest absolute Gasteiger partial charge is 0.338 e. The van der Waals surface area contributed by atoms with Gasteiger partial charge in [0.25, 0.3) is 11.6 Å². The van der Waals surface area contributed by atoms with E-state index in [0.717, 1.165) is 11.4 Å². The normalized spacial score (nSPS) is 14.4. The van der Waals surface area contributed by atoms with Gasteiger partial charge in [0.15, 0.2) is 0 Å². The zero-order valence-electron chi connectivity index (χ0n) is 18.2. The molecule has 1 aliphatic heterocycles. The molecule has 9 nitrogen and oxygen atoms in total. The van der Waals surface area contributed by atoms with Crippen LogP contribution in [0.5, 0.6) is 0 Å². The molecule has 0 aliphatic carbocycles. The molecule has 10 heteroatoms. The number of hydrogen-bond acceptors (Lipinski definition) is 5. The molecule has 172 valence electrons. The van der Waals surface area contributed by atoms with Gasteiger partial charge < -0.3 is 4.90 Å². The molecule has 0 radical (unpaired) electrons. The molecule has 0 N–H and O–H groups in total. The summed E-state index contributed by atoms with van der Waals surface area (Å²) in [6.45, 7) is 3.65. The summed E-state index contributed by atoms with van der Waals surface area (Å²) in [4.78, 5) is 38.2. The van der Waals surface area contributed by atoms with Crippen molar-refractivity contribution < 1.29 is 9.72 Å². The van der Waals surface area contributed by atoms with E-state index in [0.29, 0.717) is 39.0 Å². The van der Waals surface area contributed by atoms with Gasteiger partial charge in [-0.2, -0.15) is 5.10 Å². The lowest BCUT2D eigenvalue weighted by Crippen LogP contribution is -2.38. The molecular weight excluding hydrogens is 446 g/mol. The third-order valence-electron chi connectivity index (χ3n) is 5.98. The number of halogens is 1. The number of likely N-dealkylation sites (tertiary alicyclic amines) is 1. The maximum atomic E-state index is 13.0. The van der Waals surface area contributed by atoms with Gasteiger partial charge in [-0.3, -0.25) is 19.5 Å². The van der Waals surface area contributed by atoms with Gasteiger partial charge in [-0.25, -0.2) is 9.48 Å². The second-order valence-corrected chi connectivity index (χ2v) is 8.45. The minimum Gasteiger partial charge on any atom is -0.338 e. The molecule has 2 aromatic carbocycles. The van der Waals surface area contributed by atoms with Crippen LogP contribution in [-0.4, -0.2) is 43.2 Å². The van der Waals surface area contributed by atoms with Crippen LogP contribution < -0.4 is 5.69 Å². The number of aromatic nitrogens is 3. The van der Waals surface area contributed by atoms with E-state index in [1.807, 2.05) is 37.3 Å². The first-order chi connectivity index (χ1) is 15.9. The number of rotatable bonds is 6. The molecule has 1 aromatic heterocycles. The van der Waals surface area contributed by atoms with Crippen molar-refractivity contribution >= 4 is 23.2 Å². The molecule has 0 unspecified atom stereocenters. The Kier molecular flexibility index (Phi) is 6.60. The van der Waals surface area contributed by atoms with Crippen molar-refractivity contribution in [1.82, 2.24) is 19.2 Å². The van der Waals surface area contributed by atoms with Gasteiger partial charge in [0.1, 0.15) is 11.4 Å². The number of carbonyl (C=O) groups is 1. The van der Waals surface area contributed by atoms with E-state index in [4.69, 9.17) is 11.6 Å². The maximum Gasteiger partial charge on any atom is 0.346 e. The Morgan fingerprint density at radius 3 is 2.52 bits per heavy atom. The molecule has 0 bridgehead atoms.